The van der Waals surface area contributed by atoms with Crippen LogP contribution in [0.15, 0.2) is 66.7 Å². The van der Waals surface area contributed by atoms with Crippen LogP contribution in [-0.2, 0) is 23.9 Å². The Balaban J connectivity index is 1.26. The first-order valence-corrected chi connectivity index (χ1v) is 14.5. The Kier molecular flexibility index (Phi) is 7.34. The minimum atomic E-state index is -1.11. The third-order valence-electron chi connectivity index (χ3n) is 8.45. The van der Waals surface area contributed by atoms with E-state index in [0.29, 0.717) is 17.1 Å². The number of rotatable bonds is 8. The van der Waals surface area contributed by atoms with Crippen LogP contribution in [0, 0.1) is 11.8 Å². The maximum absolute atomic E-state index is 14.1. The number of imide groups is 1. The second kappa shape index (κ2) is 11.0. The van der Waals surface area contributed by atoms with Crippen molar-refractivity contribution in [3.63, 3.8) is 0 Å². The fraction of sp³-hybridized carbons (Fsp3) is 0.312. The summed E-state index contributed by atoms with van der Waals surface area (Å²) in [4.78, 5) is 55.3. The van der Waals surface area contributed by atoms with Crippen molar-refractivity contribution in [2.45, 2.75) is 44.1 Å². The standard InChI is InChI=1S/C32H28Cl2N2O5/c1-2-3-12-24(32(40)41-16-25(37)35-23-14-13-17(33)15-22(23)34)36-30(38)28-26-18-8-4-5-9-19(18)27(29(28)31(36)39)21-11-7-6-10-20(21)26/h4-11,13-15,24,26-29H,2-3,12,16H2,1H3,(H,35,37)/t24-,26?,27?,28-,29+/m1/s1. The summed E-state index contributed by atoms with van der Waals surface area (Å²) in [6.45, 7) is 1.37. The Morgan fingerprint density at radius 2 is 1.41 bits per heavy atom. The summed E-state index contributed by atoms with van der Waals surface area (Å²) in [6, 6.07) is 19.5. The van der Waals surface area contributed by atoms with Crippen LogP contribution in [0.3, 0.4) is 0 Å². The van der Waals surface area contributed by atoms with Crippen LogP contribution in [-0.4, -0.2) is 41.2 Å². The first kappa shape index (κ1) is 27.5. The zero-order valence-corrected chi connectivity index (χ0v) is 23.8. The molecule has 3 aromatic rings. The number of anilines is 1. The van der Waals surface area contributed by atoms with Crippen molar-refractivity contribution in [2.24, 2.45) is 11.8 Å². The number of hydrogen-bond donors (Lipinski definition) is 1. The molecule has 1 aliphatic heterocycles. The minimum Gasteiger partial charge on any atom is -0.454 e. The highest BCUT2D eigenvalue weighted by atomic mass is 35.5. The van der Waals surface area contributed by atoms with Crippen LogP contribution < -0.4 is 5.32 Å². The van der Waals surface area contributed by atoms with Crippen LogP contribution in [0.25, 0.3) is 0 Å². The number of carbonyl (C=O) groups is 4. The predicted octanol–water partition coefficient (Wildman–Crippen LogP) is 5.93. The zero-order valence-electron chi connectivity index (χ0n) is 22.3. The van der Waals surface area contributed by atoms with E-state index in [1.807, 2.05) is 55.5 Å². The number of unbranched alkanes of at least 4 members (excludes halogenated alkanes) is 1. The molecule has 4 aliphatic rings. The summed E-state index contributed by atoms with van der Waals surface area (Å²) < 4.78 is 5.39. The molecule has 0 aromatic heterocycles. The lowest BCUT2D eigenvalue weighted by atomic mass is 9.55. The fourth-order valence-electron chi connectivity index (χ4n) is 6.77. The average molecular weight is 591 g/mol. The van der Waals surface area contributed by atoms with Crippen molar-refractivity contribution in [3.05, 3.63) is 99.0 Å². The molecular weight excluding hydrogens is 563 g/mol. The molecule has 0 saturated carbocycles. The molecule has 7 nitrogen and oxygen atoms in total. The third-order valence-corrected chi connectivity index (χ3v) is 9.00. The van der Waals surface area contributed by atoms with Crippen LogP contribution in [0.4, 0.5) is 5.69 Å². The van der Waals surface area contributed by atoms with E-state index in [0.717, 1.165) is 33.6 Å². The monoisotopic (exact) mass is 590 g/mol. The third kappa shape index (κ3) is 4.61. The van der Waals surface area contributed by atoms with Gasteiger partial charge in [-0.25, -0.2) is 4.79 Å². The molecule has 0 spiro atoms. The molecule has 3 amide bonds. The lowest BCUT2D eigenvalue weighted by Crippen LogP contribution is -2.47. The Hall–Kier alpha value is -3.68. The van der Waals surface area contributed by atoms with Crippen molar-refractivity contribution < 1.29 is 23.9 Å². The van der Waals surface area contributed by atoms with Gasteiger partial charge in [-0.2, -0.15) is 0 Å². The Labute approximate surface area is 247 Å². The summed E-state index contributed by atoms with van der Waals surface area (Å²) in [5.74, 6) is -3.81. The van der Waals surface area contributed by atoms with Gasteiger partial charge in [0.25, 0.3) is 5.91 Å². The van der Waals surface area contributed by atoms with Crippen molar-refractivity contribution >= 4 is 52.6 Å². The van der Waals surface area contributed by atoms with Gasteiger partial charge in [0.15, 0.2) is 6.61 Å². The van der Waals surface area contributed by atoms with Gasteiger partial charge in [-0.3, -0.25) is 19.3 Å². The van der Waals surface area contributed by atoms with Gasteiger partial charge in [0.2, 0.25) is 11.8 Å². The summed E-state index contributed by atoms with van der Waals surface area (Å²) in [5.41, 5.74) is 4.57. The second-order valence-corrected chi connectivity index (χ2v) is 11.6. The topological polar surface area (TPSA) is 92.8 Å². The van der Waals surface area contributed by atoms with Crippen molar-refractivity contribution in [1.29, 1.82) is 0 Å². The molecular formula is C32H28Cl2N2O5. The number of halogens is 2. The highest BCUT2D eigenvalue weighted by molar-refractivity contribution is 6.36. The summed E-state index contributed by atoms with van der Waals surface area (Å²) in [7, 11) is 0. The molecule has 9 heteroatoms. The van der Waals surface area contributed by atoms with E-state index in [-0.39, 0.29) is 35.1 Å². The van der Waals surface area contributed by atoms with Crippen LogP contribution in [0.1, 0.15) is 60.3 Å². The van der Waals surface area contributed by atoms with Gasteiger partial charge in [0.1, 0.15) is 6.04 Å². The van der Waals surface area contributed by atoms with Gasteiger partial charge in [0.05, 0.1) is 22.5 Å². The fourth-order valence-corrected chi connectivity index (χ4v) is 7.22. The Bertz CT molecular complexity index is 1460. The van der Waals surface area contributed by atoms with Crippen LogP contribution >= 0.6 is 23.2 Å². The van der Waals surface area contributed by atoms with Crippen molar-refractivity contribution in [2.75, 3.05) is 11.9 Å². The average Bonchev–Trinajstić information content (AvgIpc) is 3.24. The number of benzene rings is 3. The summed E-state index contributed by atoms with van der Waals surface area (Å²) in [6.07, 6.45) is 1.61. The van der Waals surface area contributed by atoms with Crippen molar-refractivity contribution in [1.82, 2.24) is 4.90 Å². The number of carbonyl (C=O) groups excluding carboxylic acids is 4. The number of hydrogen-bond acceptors (Lipinski definition) is 5. The number of amides is 3. The van der Waals surface area contributed by atoms with Crippen LogP contribution in [0.5, 0.6) is 0 Å². The molecule has 1 fully saturated rings. The maximum atomic E-state index is 14.1. The van der Waals surface area contributed by atoms with E-state index in [2.05, 4.69) is 5.32 Å². The molecule has 1 heterocycles. The van der Waals surface area contributed by atoms with Gasteiger partial charge >= 0.3 is 5.97 Å². The first-order chi connectivity index (χ1) is 19.8. The molecule has 210 valence electrons. The second-order valence-electron chi connectivity index (χ2n) is 10.7. The Morgan fingerprint density at radius 1 is 0.878 bits per heavy atom. The Morgan fingerprint density at radius 3 is 1.90 bits per heavy atom. The molecule has 1 saturated heterocycles. The van der Waals surface area contributed by atoms with Gasteiger partial charge in [-0.15, -0.1) is 0 Å². The molecule has 3 aromatic carbocycles. The molecule has 2 bridgehead atoms. The van der Waals surface area contributed by atoms with E-state index in [1.165, 1.54) is 6.07 Å². The highest BCUT2D eigenvalue weighted by Crippen LogP contribution is 2.61. The number of likely N-dealkylation sites (tertiary alicyclic amines) is 1. The number of nitrogens with zero attached hydrogens (tertiary/aromatic N) is 1. The highest BCUT2D eigenvalue weighted by Gasteiger charge is 2.63. The van der Waals surface area contributed by atoms with Gasteiger partial charge < -0.3 is 10.1 Å². The lowest BCUT2D eigenvalue weighted by molar-refractivity contribution is -0.160. The molecule has 0 unspecified atom stereocenters. The quantitative estimate of drug-likeness (QED) is 0.259. The summed E-state index contributed by atoms with van der Waals surface area (Å²) >= 11 is 12.0. The normalized spacial score (nSPS) is 22.6. The molecule has 0 radical (unpaired) electrons. The van der Waals surface area contributed by atoms with E-state index in [4.69, 9.17) is 27.9 Å². The van der Waals surface area contributed by atoms with Crippen LogP contribution in [0.2, 0.25) is 10.0 Å². The molecule has 1 N–H and O–H groups in total. The SMILES string of the molecule is CCCC[C@H](C(=O)OCC(=O)Nc1ccc(Cl)cc1Cl)N1C(=O)[C@@H]2C3c4ccccc4C(c4ccccc43)[C@@H]2C1=O. The van der Waals surface area contributed by atoms with E-state index < -0.39 is 36.4 Å². The maximum Gasteiger partial charge on any atom is 0.329 e. The molecule has 3 atom stereocenters. The zero-order chi connectivity index (χ0) is 28.8. The van der Waals surface area contributed by atoms with E-state index in [9.17, 15) is 19.2 Å². The number of nitrogens with one attached hydrogen (secondary N) is 1. The predicted molar refractivity (Wildman–Crippen MR) is 155 cm³/mol. The molecule has 3 aliphatic carbocycles. The van der Waals surface area contributed by atoms with E-state index in [1.54, 1.807) is 12.1 Å². The summed E-state index contributed by atoms with van der Waals surface area (Å²) in [5, 5.41) is 3.24. The largest absolute Gasteiger partial charge is 0.454 e. The van der Waals surface area contributed by atoms with Gasteiger partial charge in [0, 0.05) is 16.9 Å². The van der Waals surface area contributed by atoms with Gasteiger partial charge in [-0.1, -0.05) is 91.5 Å². The number of esters is 1. The van der Waals surface area contributed by atoms with E-state index >= 15 is 0 Å². The van der Waals surface area contributed by atoms with Gasteiger partial charge in [-0.05, 0) is 46.9 Å². The minimum absolute atomic E-state index is 0.241. The number of ether oxygens (including phenoxy) is 1. The lowest BCUT2D eigenvalue weighted by Gasteiger charge is -2.45. The first-order valence-electron chi connectivity index (χ1n) is 13.8. The molecule has 7 rings (SSSR count). The molecule has 41 heavy (non-hydrogen) atoms. The smallest absolute Gasteiger partial charge is 0.329 e. The van der Waals surface area contributed by atoms with Crippen molar-refractivity contribution in [3.8, 4) is 0 Å².